The lowest BCUT2D eigenvalue weighted by Crippen LogP contribution is -2.45. The Kier molecular flexibility index (Phi) is 10.4. The van der Waals surface area contributed by atoms with E-state index in [9.17, 15) is 5.11 Å². The molecule has 2 heterocycles. The van der Waals surface area contributed by atoms with Crippen LogP contribution >= 0.6 is 11.6 Å². The zero-order valence-electron chi connectivity index (χ0n) is 31.2. The molecule has 8 rings (SSSR count). The van der Waals surface area contributed by atoms with Gasteiger partial charge in [0.05, 0.1) is 30.8 Å². The number of hydrogen-bond acceptors (Lipinski definition) is 7. The monoisotopic (exact) mass is 746 g/mol. The van der Waals surface area contributed by atoms with Crippen LogP contribution < -0.4 is 14.9 Å². The molecule has 1 aromatic heterocycles. The third-order valence-electron chi connectivity index (χ3n) is 10.2. The van der Waals surface area contributed by atoms with Crippen molar-refractivity contribution >= 4 is 39.6 Å². The number of aromatic nitrogens is 2. The lowest BCUT2D eigenvalue weighted by Gasteiger charge is -2.33. The van der Waals surface area contributed by atoms with E-state index in [1.54, 1.807) is 7.11 Å². The molecule has 1 N–H and O–H groups in total. The molecule has 6 aromatic carbocycles. The number of benzene rings is 6. The van der Waals surface area contributed by atoms with E-state index >= 15 is 0 Å². The summed E-state index contributed by atoms with van der Waals surface area (Å²) >= 11 is 6.46. The van der Waals surface area contributed by atoms with E-state index in [0.717, 1.165) is 92.2 Å². The van der Waals surface area contributed by atoms with Crippen molar-refractivity contribution in [1.82, 2.24) is 14.7 Å². The Morgan fingerprint density at radius 2 is 1.40 bits per heavy atom. The lowest BCUT2D eigenvalue weighted by atomic mass is 9.97. The molecule has 9 heteroatoms. The average molecular weight is 747 g/mol. The third-order valence-corrected chi connectivity index (χ3v) is 10.5. The molecule has 8 nitrogen and oxygen atoms in total. The van der Waals surface area contributed by atoms with Crippen LogP contribution in [0.2, 0.25) is 5.15 Å². The highest BCUT2D eigenvalue weighted by Crippen LogP contribution is 2.42. The van der Waals surface area contributed by atoms with Crippen LogP contribution in [0.3, 0.4) is 0 Å². The first-order valence-corrected chi connectivity index (χ1v) is 19.0. The fourth-order valence-electron chi connectivity index (χ4n) is 7.38. The number of rotatable bonds is 12. The molecule has 7 aromatic rings. The summed E-state index contributed by atoms with van der Waals surface area (Å²) in [5.74, 6) is 2.51. The van der Waals surface area contributed by atoms with Gasteiger partial charge in [-0.3, -0.25) is 0 Å². The number of hydrazine groups is 2. The number of ether oxygens (including phenoxy) is 1. The van der Waals surface area contributed by atoms with Crippen molar-refractivity contribution in [3.63, 3.8) is 0 Å². The maximum absolute atomic E-state index is 10.1. The summed E-state index contributed by atoms with van der Waals surface area (Å²) in [6.07, 6.45) is 2.88. The number of fused-ring (bicyclic) bond motifs is 1. The molecule has 0 aliphatic carbocycles. The van der Waals surface area contributed by atoms with Gasteiger partial charge in [-0.1, -0.05) is 140 Å². The normalized spacial score (nSPS) is 13.1. The van der Waals surface area contributed by atoms with Crippen LogP contribution in [0, 0.1) is 0 Å². The number of nitrogens with zero attached hydrogens (tertiary/aromatic N) is 6. The van der Waals surface area contributed by atoms with Crippen LogP contribution in [-0.2, 0) is 19.6 Å². The van der Waals surface area contributed by atoms with Crippen molar-refractivity contribution in [2.75, 3.05) is 24.3 Å². The molecule has 0 fully saturated rings. The SMILES string of the molecule is CCCCc1nc(Cl)c(CO)n1Cc1ccc(-c2ccccc2C2=NN(c3c(-c4ccc(OC)cc4)ccc4ccccc34)N(C)N2c2ccccc2)cc1. The van der Waals surface area contributed by atoms with Crippen LogP contribution in [0.5, 0.6) is 5.75 Å². The summed E-state index contributed by atoms with van der Waals surface area (Å²) in [5.41, 5.74) is 8.94. The topological polar surface area (TPSA) is 69.4 Å². The third kappa shape index (κ3) is 6.96. The molecule has 0 bridgehead atoms. The maximum atomic E-state index is 10.1. The first-order chi connectivity index (χ1) is 27.0. The molecule has 0 amide bonds. The Morgan fingerprint density at radius 3 is 2.13 bits per heavy atom. The smallest absolute Gasteiger partial charge is 0.179 e. The summed E-state index contributed by atoms with van der Waals surface area (Å²) in [5, 5.41) is 24.5. The molecule has 0 spiro atoms. The molecule has 276 valence electrons. The molecule has 1 aliphatic heterocycles. The predicted octanol–water partition coefficient (Wildman–Crippen LogP) is 10.4. The summed E-state index contributed by atoms with van der Waals surface area (Å²) in [6.45, 7) is 2.58. The zero-order chi connectivity index (χ0) is 37.9. The number of para-hydroxylation sites is 1. The van der Waals surface area contributed by atoms with Crippen molar-refractivity contribution in [2.24, 2.45) is 5.10 Å². The number of aliphatic hydroxyl groups is 1. The van der Waals surface area contributed by atoms with Crippen molar-refractivity contribution in [3.05, 3.63) is 167 Å². The van der Waals surface area contributed by atoms with Crippen LogP contribution in [0.15, 0.2) is 145 Å². The first-order valence-electron chi connectivity index (χ1n) is 18.7. The number of amidine groups is 1. The number of anilines is 2. The number of unbranched alkanes of at least 4 members (excludes halogenated alkanes) is 1. The van der Waals surface area contributed by atoms with Gasteiger partial charge in [0.15, 0.2) is 11.0 Å². The van der Waals surface area contributed by atoms with Gasteiger partial charge in [-0.15, -0.1) is 10.2 Å². The Balaban J connectivity index is 1.23. The number of imidazole rings is 1. The van der Waals surface area contributed by atoms with Crippen LogP contribution in [-0.4, -0.2) is 39.8 Å². The quantitative estimate of drug-likeness (QED) is 0.134. The van der Waals surface area contributed by atoms with Crippen molar-refractivity contribution in [3.8, 4) is 28.0 Å². The first kappa shape index (κ1) is 36.1. The standard InChI is InChI=1S/C46H43ClN6O2/c1-4-5-19-43-48-45(47)42(31-54)51(43)30-32-20-22-34(23-21-32)38-16-11-12-18-41(38)46-49-53(50(2)52(46)36-14-7-6-8-15-36)44-39-17-10-9-13-33(39)26-29-40(44)35-24-27-37(55-3)28-25-35/h6-18,20-29,54H,4-5,19,30-31H2,1-3H3. The largest absolute Gasteiger partial charge is 0.497 e. The Bertz CT molecular complexity index is 2460. The van der Waals surface area contributed by atoms with E-state index in [-0.39, 0.29) is 6.61 Å². The summed E-state index contributed by atoms with van der Waals surface area (Å²) < 4.78 is 7.55. The number of halogens is 1. The number of methoxy groups -OCH3 is 1. The maximum Gasteiger partial charge on any atom is 0.179 e. The highest BCUT2D eigenvalue weighted by molar-refractivity contribution is 6.30. The molecule has 0 saturated carbocycles. The zero-order valence-corrected chi connectivity index (χ0v) is 32.0. The minimum absolute atomic E-state index is 0.157. The predicted molar refractivity (Wildman–Crippen MR) is 224 cm³/mol. The molecule has 55 heavy (non-hydrogen) atoms. The van der Waals surface area contributed by atoms with Crippen LogP contribution in [0.25, 0.3) is 33.0 Å². The van der Waals surface area contributed by atoms with Crippen LogP contribution in [0.4, 0.5) is 11.4 Å². The molecule has 0 atom stereocenters. The van der Waals surface area contributed by atoms with Gasteiger partial charge in [-0.25, -0.2) is 9.99 Å². The fraction of sp³-hybridized carbons (Fsp3) is 0.174. The van der Waals surface area contributed by atoms with Gasteiger partial charge in [-0.2, -0.15) is 5.12 Å². The second-order valence-electron chi connectivity index (χ2n) is 13.6. The number of hydrogen-bond donors (Lipinski definition) is 1. The minimum Gasteiger partial charge on any atom is -0.497 e. The molecule has 0 saturated heterocycles. The van der Waals surface area contributed by atoms with E-state index in [4.69, 9.17) is 21.4 Å². The fourth-order valence-corrected chi connectivity index (χ4v) is 7.64. The second kappa shape index (κ2) is 15.8. The Morgan fingerprint density at radius 1 is 0.727 bits per heavy atom. The number of aryl methyl sites for hydroxylation is 1. The van der Waals surface area contributed by atoms with Gasteiger partial charge >= 0.3 is 0 Å². The van der Waals surface area contributed by atoms with Gasteiger partial charge in [0.2, 0.25) is 0 Å². The molecule has 0 unspecified atom stereocenters. The Hall–Kier alpha value is -5.93. The molecule has 1 aliphatic rings. The minimum atomic E-state index is -0.157. The highest BCUT2D eigenvalue weighted by Gasteiger charge is 2.35. The van der Waals surface area contributed by atoms with E-state index in [1.807, 2.05) is 23.3 Å². The second-order valence-corrected chi connectivity index (χ2v) is 14.0. The number of aliphatic hydroxyl groups excluding tert-OH is 1. The van der Waals surface area contributed by atoms with E-state index < -0.39 is 0 Å². The number of hydrazone groups is 1. The Labute approximate surface area is 327 Å². The van der Waals surface area contributed by atoms with Crippen LogP contribution in [0.1, 0.15) is 42.4 Å². The lowest BCUT2D eigenvalue weighted by molar-refractivity contribution is 0.271. The highest BCUT2D eigenvalue weighted by atomic mass is 35.5. The van der Waals surface area contributed by atoms with Crippen molar-refractivity contribution < 1.29 is 9.84 Å². The van der Waals surface area contributed by atoms with Crippen molar-refractivity contribution in [2.45, 2.75) is 39.3 Å². The molecular formula is C46H43ClN6O2. The van der Waals surface area contributed by atoms with Gasteiger partial charge in [-0.05, 0) is 58.3 Å². The van der Waals surface area contributed by atoms with Gasteiger partial charge in [0.1, 0.15) is 11.6 Å². The van der Waals surface area contributed by atoms with E-state index in [0.29, 0.717) is 17.4 Å². The van der Waals surface area contributed by atoms with E-state index in [2.05, 4.69) is 155 Å². The summed E-state index contributed by atoms with van der Waals surface area (Å²) in [7, 11) is 3.74. The van der Waals surface area contributed by atoms with Gasteiger partial charge in [0.25, 0.3) is 0 Å². The molecular weight excluding hydrogens is 704 g/mol. The van der Waals surface area contributed by atoms with Gasteiger partial charge in [0, 0.05) is 36.5 Å². The summed E-state index contributed by atoms with van der Waals surface area (Å²) in [6, 6.07) is 48.4. The molecule has 0 radical (unpaired) electrons. The van der Waals surface area contributed by atoms with E-state index in [1.165, 1.54) is 0 Å². The van der Waals surface area contributed by atoms with Gasteiger partial charge < -0.3 is 14.4 Å². The van der Waals surface area contributed by atoms with Crippen molar-refractivity contribution in [1.29, 1.82) is 0 Å². The summed E-state index contributed by atoms with van der Waals surface area (Å²) in [4.78, 5) is 4.59. The average Bonchev–Trinajstić information content (AvgIpc) is 3.74.